The smallest absolute Gasteiger partial charge is 0.326 e. The molecule has 0 fully saturated rings. The van der Waals surface area contributed by atoms with Crippen LogP contribution in [0.3, 0.4) is 0 Å². The quantitative estimate of drug-likeness (QED) is 0.707. The lowest BCUT2D eigenvalue weighted by molar-refractivity contribution is -0.143. The van der Waals surface area contributed by atoms with Crippen molar-refractivity contribution >= 4 is 43.7 Å². The van der Waals surface area contributed by atoms with Crippen LogP contribution >= 0.6 is 31.9 Å². The first-order valence-corrected chi connectivity index (χ1v) is 8.03. The molecule has 0 aromatic heterocycles. The zero-order valence-electron chi connectivity index (χ0n) is 11.7. The zero-order valence-corrected chi connectivity index (χ0v) is 14.9. The molecule has 0 spiro atoms. The van der Waals surface area contributed by atoms with Gasteiger partial charge in [-0.25, -0.2) is 4.79 Å². The number of ether oxygens (including phenoxy) is 1. The molecule has 0 aliphatic rings. The molecule has 0 saturated heterocycles. The lowest BCUT2D eigenvalue weighted by atomic mass is 9.99. The highest BCUT2D eigenvalue weighted by Gasteiger charge is 2.25. The van der Waals surface area contributed by atoms with E-state index in [-0.39, 0.29) is 12.5 Å². The highest BCUT2D eigenvalue weighted by atomic mass is 79.9. The highest BCUT2D eigenvalue weighted by Crippen LogP contribution is 2.28. The fraction of sp³-hybridized carbons (Fsp3) is 0.429. The molecule has 0 heterocycles. The second-order valence-electron chi connectivity index (χ2n) is 4.63. The molecule has 5 nitrogen and oxygen atoms in total. The predicted molar refractivity (Wildman–Crippen MR) is 86.4 cm³/mol. The molecule has 0 radical (unpaired) electrons. The summed E-state index contributed by atoms with van der Waals surface area (Å²) in [5, 5.41) is 11.6. The minimum atomic E-state index is -1.04. The molecule has 1 amide bonds. The molecule has 2 N–H and O–H groups in total. The standard InChI is InChI=1S/C14H17Br2NO4/c1-3-8(2)13(14(19)20)17-12(18)7-21-11-5-4-9(15)6-10(11)16/h4-6,8,13H,3,7H2,1-2H3,(H,17,18)(H,19,20)/t8?,13-/m0/s1. The molecule has 2 atom stereocenters. The van der Waals surface area contributed by atoms with Crippen LogP contribution in [-0.2, 0) is 9.59 Å². The van der Waals surface area contributed by atoms with E-state index in [9.17, 15) is 9.59 Å². The predicted octanol–water partition coefficient (Wildman–Crippen LogP) is 3.21. The molecule has 1 rings (SSSR count). The molecule has 1 aromatic carbocycles. The van der Waals surface area contributed by atoms with Gasteiger partial charge < -0.3 is 15.2 Å². The minimum Gasteiger partial charge on any atom is -0.483 e. The van der Waals surface area contributed by atoms with Crippen molar-refractivity contribution in [1.82, 2.24) is 5.32 Å². The topological polar surface area (TPSA) is 75.6 Å². The van der Waals surface area contributed by atoms with Crippen LogP contribution in [0, 0.1) is 5.92 Å². The van der Waals surface area contributed by atoms with E-state index in [0.717, 1.165) is 4.47 Å². The Labute approximate surface area is 140 Å². The van der Waals surface area contributed by atoms with Crippen LogP contribution in [0.25, 0.3) is 0 Å². The summed E-state index contributed by atoms with van der Waals surface area (Å²) in [4.78, 5) is 22.9. The van der Waals surface area contributed by atoms with Gasteiger partial charge in [0.05, 0.1) is 4.47 Å². The molecular formula is C14H17Br2NO4. The van der Waals surface area contributed by atoms with Gasteiger partial charge in [-0.1, -0.05) is 36.2 Å². The third-order valence-corrected chi connectivity index (χ3v) is 4.16. The van der Waals surface area contributed by atoms with Gasteiger partial charge in [-0.3, -0.25) is 4.79 Å². The van der Waals surface area contributed by atoms with Gasteiger partial charge in [-0.2, -0.15) is 0 Å². The first-order valence-electron chi connectivity index (χ1n) is 6.45. The summed E-state index contributed by atoms with van der Waals surface area (Å²) in [7, 11) is 0. The maximum Gasteiger partial charge on any atom is 0.326 e. The second kappa shape index (κ2) is 8.38. The SMILES string of the molecule is CCC(C)[C@H](NC(=O)COc1ccc(Br)cc1Br)C(=O)O. The van der Waals surface area contributed by atoms with Crippen molar-refractivity contribution in [2.24, 2.45) is 5.92 Å². The number of carbonyl (C=O) groups is 2. The summed E-state index contributed by atoms with van der Waals surface area (Å²) in [6, 6.07) is 4.40. The van der Waals surface area contributed by atoms with Crippen LogP contribution in [-0.4, -0.2) is 29.6 Å². The molecule has 1 aromatic rings. The number of nitrogens with one attached hydrogen (secondary N) is 1. The molecule has 0 aliphatic heterocycles. The summed E-state index contributed by atoms with van der Waals surface area (Å²) in [6.07, 6.45) is 0.663. The number of rotatable bonds is 7. The molecular weight excluding hydrogens is 406 g/mol. The van der Waals surface area contributed by atoms with E-state index in [1.165, 1.54) is 0 Å². The Morgan fingerprint density at radius 2 is 2.05 bits per heavy atom. The highest BCUT2D eigenvalue weighted by molar-refractivity contribution is 9.11. The summed E-state index contributed by atoms with van der Waals surface area (Å²) >= 11 is 6.64. The van der Waals surface area contributed by atoms with E-state index >= 15 is 0 Å². The molecule has 0 saturated carbocycles. The van der Waals surface area contributed by atoms with Gasteiger partial charge in [0.25, 0.3) is 5.91 Å². The third-order valence-electron chi connectivity index (χ3n) is 3.05. The second-order valence-corrected chi connectivity index (χ2v) is 6.40. The Kier molecular flexibility index (Phi) is 7.17. The van der Waals surface area contributed by atoms with Crippen molar-refractivity contribution < 1.29 is 19.4 Å². The van der Waals surface area contributed by atoms with Crippen LogP contribution in [0.1, 0.15) is 20.3 Å². The van der Waals surface area contributed by atoms with Crippen LogP contribution in [0.2, 0.25) is 0 Å². The maximum absolute atomic E-state index is 11.8. The van der Waals surface area contributed by atoms with E-state index in [1.807, 2.05) is 6.92 Å². The Hall–Kier alpha value is -1.08. The summed E-state index contributed by atoms with van der Waals surface area (Å²) < 4.78 is 6.97. The van der Waals surface area contributed by atoms with Crippen molar-refractivity contribution in [3.8, 4) is 5.75 Å². The maximum atomic E-state index is 11.8. The van der Waals surface area contributed by atoms with E-state index in [1.54, 1.807) is 25.1 Å². The molecule has 7 heteroatoms. The van der Waals surface area contributed by atoms with Gasteiger partial charge in [-0.15, -0.1) is 0 Å². The van der Waals surface area contributed by atoms with Crippen molar-refractivity contribution in [1.29, 1.82) is 0 Å². The first kappa shape index (κ1) is 18.0. The van der Waals surface area contributed by atoms with Crippen LogP contribution in [0.4, 0.5) is 0 Å². The van der Waals surface area contributed by atoms with Gasteiger partial charge in [0.2, 0.25) is 0 Å². The molecule has 0 bridgehead atoms. The van der Waals surface area contributed by atoms with E-state index in [0.29, 0.717) is 16.6 Å². The number of benzene rings is 1. The Morgan fingerprint density at radius 1 is 1.38 bits per heavy atom. The number of carbonyl (C=O) groups excluding carboxylic acids is 1. The molecule has 116 valence electrons. The molecule has 0 aliphatic carbocycles. The Balaban J connectivity index is 2.58. The summed E-state index contributed by atoms with van der Waals surface area (Å²) in [5.41, 5.74) is 0. The lowest BCUT2D eigenvalue weighted by Gasteiger charge is -2.20. The van der Waals surface area contributed by atoms with Crippen molar-refractivity contribution in [2.75, 3.05) is 6.61 Å². The number of amides is 1. The van der Waals surface area contributed by atoms with Crippen LogP contribution < -0.4 is 10.1 Å². The van der Waals surface area contributed by atoms with Gasteiger partial charge in [0.1, 0.15) is 11.8 Å². The number of carboxylic acid groups (broad SMARTS) is 1. The monoisotopic (exact) mass is 421 g/mol. The van der Waals surface area contributed by atoms with E-state index in [4.69, 9.17) is 9.84 Å². The number of carboxylic acids is 1. The first-order chi connectivity index (χ1) is 9.85. The van der Waals surface area contributed by atoms with Crippen molar-refractivity contribution in [3.63, 3.8) is 0 Å². The number of halogens is 2. The fourth-order valence-electron chi connectivity index (χ4n) is 1.63. The normalized spacial score (nSPS) is 13.3. The number of hydrogen-bond acceptors (Lipinski definition) is 3. The van der Waals surface area contributed by atoms with Gasteiger partial charge >= 0.3 is 5.97 Å². The number of aliphatic carboxylic acids is 1. The van der Waals surface area contributed by atoms with Crippen LogP contribution in [0.5, 0.6) is 5.75 Å². The molecule has 21 heavy (non-hydrogen) atoms. The fourth-order valence-corrected chi connectivity index (χ4v) is 2.80. The van der Waals surface area contributed by atoms with E-state index in [2.05, 4.69) is 37.2 Å². The van der Waals surface area contributed by atoms with Crippen molar-refractivity contribution in [2.45, 2.75) is 26.3 Å². The van der Waals surface area contributed by atoms with Crippen LogP contribution in [0.15, 0.2) is 27.1 Å². The Morgan fingerprint density at radius 3 is 2.57 bits per heavy atom. The lowest BCUT2D eigenvalue weighted by Crippen LogP contribution is -2.46. The van der Waals surface area contributed by atoms with E-state index < -0.39 is 17.9 Å². The van der Waals surface area contributed by atoms with Gasteiger partial charge in [0, 0.05) is 4.47 Å². The average molecular weight is 423 g/mol. The van der Waals surface area contributed by atoms with Gasteiger partial charge in [-0.05, 0) is 40.0 Å². The van der Waals surface area contributed by atoms with Gasteiger partial charge in [0.15, 0.2) is 6.61 Å². The average Bonchev–Trinajstić information content (AvgIpc) is 2.42. The third kappa shape index (κ3) is 5.67. The largest absolute Gasteiger partial charge is 0.483 e. The molecule has 1 unspecified atom stereocenters. The number of hydrogen-bond donors (Lipinski definition) is 2. The summed E-state index contributed by atoms with van der Waals surface area (Å²) in [6.45, 7) is 3.42. The minimum absolute atomic E-state index is 0.147. The van der Waals surface area contributed by atoms with Crippen molar-refractivity contribution in [3.05, 3.63) is 27.1 Å². The Bertz CT molecular complexity index is 522. The zero-order chi connectivity index (χ0) is 16.0. The summed E-state index contributed by atoms with van der Waals surface area (Å²) in [5.74, 6) is -1.13.